The molecule has 1 aliphatic carbocycles. The van der Waals surface area contributed by atoms with Gasteiger partial charge in [-0.3, -0.25) is 0 Å². The molecule has 1 aliphatic heterocycles. The molecule has 29 heavy (non-hydrogen) atoms. The molecule has 1 unspecified atom stereocenters. The SMILES string of the molecule is COCC1C(OC)=C(N[C@H]2CC[C@@H](C(C)(C)C)CC2)N=CN1CSC.O=[N+]([O-])O. The monoisotopic (exact) mass is 432 g/mol. The number of hydrogen-bond acceptors (Lipinski definition) is 8. The second kappa shape index (κ2) is 12.1. The van der Waals surface area contributed by atoms with Crippen LogP contribution in [0.2, 0.25) is 0 Å². The van der Waals surface area contributed by atoms with Gasteiger partial charge in [0, 0.05) is 13.2 Å². The Labute approximate surface area is 178 Å². The lowest BCUT2D eigenvalue weighted by atomic mass is 9.71. The highest BCUT2D eigenvalue weighted by atomic mass is 32.2. The maximum atomic E-state index is 8.36. The van der Waals surface area contributed by atoms with Gasteiger partial charge in [0.05, 0.1) is 25.9 Å². The summed E-state index contributed by atoms with van der Waals surface area (Å²) in [5.74, 6) is 3.45. The van der Waals surface area contributed by atoms with Gasteiger partial charge in [0.2, 0.25) is 0 Å². The zero-order chi connectivity index (χ0) is 22.0. The molecule has 0 aromatic heterocycles. The van der Waals surface area contributed by atoms with E-state index in [0.29, 0.717) is 18.1 Å². The largest absolute Gasteiger partial charge is 0.495 e. The van der Waals surface area contributed by atoms with Crippen molar-refractivity contribution in [3.63, 3.8) is 0 Å². The zero-order valence-corrected chi connectivity index (χ0v) is 19.2. The van der Waals surface area contributed by atoms with Crippen LogP contribution in [0.5, 0.6) is 0 Å². The van der Waals surface area contributed by atoms with Crippen molar-refractivity contribution < 1.29 is 19.8 Å². The standard InChI is InChI=1S/C19H35N3O2S.HNO3/c1-19(2,3)14-7-9-15(10-8-14)21-18-17(24-5)16(11-23-4)22(12-20-18)13-25-6;2-1(3)4/h12,14-16,21H,7-11,13H2,1-6H3;(H,2,3,4)/t14-,15+,16?;. The van der Waals surface area contributed by atoms with E-state index in [4.69, 9.17) is 24.8 Å². The van der Waals surface area contributed by atoms with E-state index in [1.54, 1.807) is 26.0 Å². The van der Waals surface area contributed by atoms with Crippen molar-refractivity contribution in [3.05, 3.63) is 21.7 Å². The highest BCUT2D eigenvalue weighted by molar-refractivity contribution is 7.98. The number of methoxy groups -OCH3 is 2. The van der Waals surface area contributed by atoms with Crippen LogP contribution in [0.4, 0.5) is 0 Å². The van der Waals surface area contributed by atoms with Gasteiger partial charge in [-0.1, -0.05) is 20.8 Å². The molecule has 0 amide bonds. The molecule has 2 N–H and O–H groups in total. The molecule has 168 valence electrons. The fourth-order valence-corrected chi connectivity index (χ4v) is 4.37. The van der Waals surface area contributed by atoms with Crippen molar-refractivity contribution in [2.45, 2.75) is 58.5 Å². The van der Waals surface area contributed by atoms with Gasteiger partial charge in [0.1, 0.15) is 6.04 Å². The molecule has 2 aliphatic rings. The van der Waals surface area contributed by atoms with Gasteiger partial charge in [-0.25, -0.2) is 4.99 Å². The first-order valence-corrected chi connectivity index (χ1v) is 11.2. The lowest BCUT2D eigenvalue weighted by Gasteiger charge is -2.38. The molecule has 9 nitrogen and oxygen atoms in total. The summed E-state index contributed by atoms with van der Waals surface area (Å²) in [6.45, 7) is 7.67. The third kappa shape index (κ3) is 8.30. The van der Waals surface area contributed by atoms with Crippen molar-refractivity contribution in [1.29, 1.82) is 0 Å². The van der Waals surface area contributed by atoms with Crippen LogP contribution < -0.4 is 5.32 Å². The molecule has 0 spiro atoms. The molecule has 10 heteroatoms. The Kier molecular flexibility index (Phi) is 10.6. The normalized spacial score (nSPS) is 24.6. The Morgan fingerprint density at radius 3 is 2.38 bits per heavy atom. The summed E-state index contributed by atoms with van der Waals surface area (Å²) in [7, 11) is 3.46. The Morgan fingerprint density at radius 2 is 1.93 bits per heavy atom. The minimum absolute atomic E-state index is 0.0772. The highest BCUT2D eigenvalue weighted by Crippen LogP contribution is 2.38. The van der Waals surface area contributed by atoms with Crippen molar-refractivity contribution >= 4 is 18.1 Å². The molecule has 1 saturated carbocycles. The average molecular weight is 433 g/mol. The van der Waals surface area contributed by atoms with Crippen molar-refractivity contribution in [3.8, 4) is 0 Å². The maximum Gasteiger partial charge on any atom is 0.291 e. The van der Waals surface area contributed by atoms with Gasteiger partial charge in [-0.05, 0) is 43.3 Å². The van der Waals surface area contributed by atoms with E-state index < -0.39 is 5.09 Å². The summed E-state index contributed by atoms with van der Waals surface area (Å²) >= 11 is 1.77. The molecule has 1 heterocycles. The smallest absolute Gasteiger partial charge is 0.291 e. The van der Waals surface area contributed by atoms with Crippen molar-refractivity contribution in [2.24, 2.45) is 16.3 Å². The first-order chi connectivity index (χ1) is 13.6. The Balaban J connectivity index is 0.000000960. The van der Waals surface area contributed by atoms with Crippen LogP contribution in [0.15, 0.2) is 16.6 Å². The molecule has 0 bridgehead atoms. The topological polar surface area (TPSA) is 109 Å². The van der Waals surface area contributed by atoms with Crippen LogP contribution in [-0.2, 0) is 9.47 Å². The van der Waals surface area contributed by atoms with E-state index in [1.165, 1.54) is 25.7 Å². The van der Waals surface area contributed by atoms with Crippen LogP contribution in [0.1, 0.15) is 46.5 Å². The summed E-state index contributed by atoms with van der Waals surface area (Å²) in [5.41, 5.74) is 0.410. The molecular formula is C19H36N4O5S. The minimum Gasteiger partial charge on any atom is -0.495 e. The Morgan fingerprint density at radius 1 is 1.34 bits per heavy atom. The van der Waals surface area contributed by atoms with Crippen LogP contribution in [-0.4, -0.2) is 66.6 Å². The van der Waals surface area contributed by atoms with Crippen LogP contribution >= 0.6 is 11.8 Å². The Hall–Kier alpha value is -1.68. The van der Waals surface area contributed by atoms with Gasteiger partial charge < -0.3 is 24.9 Å². The molecule has 0 saturated heterocycles. The van der Waals surface area contributed by atoms with Crippen LogP contribution in [0, 0.1) is 21.4 Å². The number of nitrogens with one attached hydrogen (secondary N) is 1. The van der Waals surface area contributed by atoms with Gasteiger partial charge >= 0.3 is 0 Å². The molecule has 2 rings (SSSR count). The van der Waals surface area contributed by atoms with E-state index in [9.17, 15) is 0 Å². The van der Waals surface area contributed by atoms with Gasteiger partial charge in [0.15, 0.2) is 11.6 Å². The van der Waals surface area contributed by atoms with Gasteiger partial charge in [-0.15, -0.1) is 21.9 Å². The summed E-state index contributed by atoms with van der Waals surface area (Å²) in [6.07, 6.45) is 8.96. The predicted molar refractivity (Wildman–Crippen MR) is 116 cm³/mol. The summed E-state index contributed by atoms with van der Waals surface area (Å²) in [6, 6.07) is 0.555. The highest BCUT2D eigenvalue weighted by Gasteiger charge is 2.32. The predicted octanol–water partition coefficient (Wildman–Crippen LogP) is 3.33. The fourth-order valence-electron chi connectivity index (χ4n) is 3.82. The number of hydrogen-bond donors (Lipinski definition) is 2. The number of nitrogens with zero attached hydrogens (tertiary/aromatic N) is 3. The lowest BCUT2D eigenvalue weighted by Crippen LogP contribution is -2.45. The number of rotatable bonds is 7. The third-order valence-corrected chi connectivity index (χ3v) is 5.94. The molecule has 1 atom stereocenters. The van der Waals surface area contributed by atoms with E-state index >= 15 is 0 Å². The Bertz CT molecular complexity index is 567. The quantitative estimate of drug-likeness (QED) is 0.466. The summed E-state index contributed by atoms with van der Waals surface area (Å²) in [4.78, 5) is 15.2. The maximum absolute atomic E-state index is 8.36. The number of ether oxygens (including phenoxy) is 2. The molecule has 0 aromatic carbocycles. The summed E-state index contributed by atoms with van der Waals surface area (Å²) in [5, 5.41) is 17.3. The number of aliphatic imine (C=N–C) groups is 1. The van der Waals surface area contributed by atoms with Gasteiger partial charge in [0.25, 0.3) is 5.09 Å². The van der Waals surface area contributed by atoms with Crippen molar-refractivity contribution in [1.82, 2.24) is 10.2 Å². The summed E-state index contributed by atoms with van der Waals surface area (Å²) < 4.78 is 11.2. The average Bonchev–Trinajstić information content (AvgIpc) is 2.63. The van der Waals surface area contributed by atoms with Crippen molar-refractivity contribution in [2.75, 3.05) is 33.0 Å². The van der Waals surface area contributed by atoms with Crippen LogP contribution in [0.25, 0.3) is 0 Å². The van der Waals surface area contributed by atoms with E-state index in [2.05, 4.69) is 42.2 Å². The van der Waals surface area contributed by atoms with Crippen LogP contribution in [0.3, 0.4) is 0 Å². The van der Waals surface area contributed by atoms with E-state index in [1.807, 2.05) is 6.34 Å². The number of thioether (sulfide) groups is 1. The fraction of sp³-hybridized carbons (Fsp3) is 0.842. The molecule has 0 radical (unpaired) electrons. The minimum atomic E-state index is -1.50. The second-order valence-electron chi connectivity index (χ2n) is 8.36. The van der Waals surface area contributed by atoms with Gasteiger partial charge in [-0.2, -0.15) is 0 Å². The molecular weight excluding hydrogens is 396 g/mol. The van der Waals surface area contributed by atoms with E-state index in [0.717, 1.165) is 23.4 Å². The lowest BCUT2D eigenvalue weighted by molar-refractivity contribution is -0.742. The second-order valence-corrected chi connectivity index (χ2v) is 9.20. The molecule has 1 fully saturated rings. The molecule has 0 aromatic rings. The van der Waals surface area contributed by atoms with E-state index in [-0.39, 0.29) is 6.04 Å². The first kappa shape index (κ1) is 25.4. The third-order valence-electron chi connectivity index (χ3n) is 5.39. The first-order valence-electron chi connectivity index (χ1n) is 9.79. The zero-order valence-electron chi connectivity index (χ0n) is 18.4.